The predicted molar refractivity (Wildman–Crippen MR) is 109 cm³/mol. The van der Waals surface area contributed by atoms with E-state index in [9.17, 15) is 0 Å². The largest absolute Gasteiger partial charge is 0.368 e. The molecule has 2 aliphatic rings. The van der Waals surface area contributed by atoms with E-state index in [1.165, 1.54) is 12.8 Å². The van der Waals surface area contributed by atoms with Crippen molar-refractivity contribution >= 4 is 17.6 Å². The second-order valence-electron chi connectivity index (χ2n) is 7.62. The molecule has 144 valence electrons. The zero-order valence-electron chi connectivity index (χ0n) is 16.0. The van der Waals surface area contributed by atoms with Crippen molar-refractivity contribution in [3.8, 4) is 0 Å². The number of hydrogen-bond donors (Lipinski definition) is 3. The van der Waals surface area contributed by atoms with Gasteiger partial charge in [-0.2, -0.15) is 4.98 Å². The SMILES string of the molecule is Cc1cccnc1NCCNc1cc(C2CC(N)C2)nc(N2CCCC2)n1. The first-order valence-electron chi connectivity index (χ1n) is 9.98. The van der Waals surface area contributed by atoms with E-state index in [2.05, 4.69) is 39.6 Å². The van der Waals surface area contributed by atoms with E-state index in [0.29, 0.717) is 12.0 Å². The molecule has 2 aromatic heterocycles. The van der Waals surface area contributed by atoms with Crippen molar-refractivity contribution in [2.75, 3.05) is 41.7 Å². The number of pyridine rings is 1. The number of aromatic nitrogens is 3. The Morgan fingerprint density at radius 2 is 1.93 bits per heavy atom. The second kappa shape index (κ2) is 8.08. The Hall–Kier alpha value is -2.41. The Kier molecular flexibility index (Phi) is 5.38. The lowest BCUT2D eigenvalue weighted by atomic mass is 9.78. The number of nitrogens with zero attached hydrogens (tertiary/aromatic N) is 4. The van der Waals surface area contributed by atoms with Gasteiger partial charge in [0.15, 0.2) is 0 Å². The Labute approximate surface area is 160 Å². The van der Waals surface area contributed by atoms with Crippen LogP contribution in [0.2, 0.25) is 0 Å². The van der Waals surface area contributed by atoms with Crippen molar-refractivity contribution in [1.82, 2.24) is 15.0 Å². The molecule has 0 amide bonds. The molecule has 1 saturated heterocycles. The van der Waals surface area contributed by atoms with Gasteiger partial charge in [0.2, 0.25) is 5.95 Å². The summed E-state index contributed by atoms with van der Waals surface area (Å²) in [5.74, 6) is 3.17. The van der Waals surface area contributed by atoms with E-state index in [4.69, 9.17) is 15.7 Å². The molecule has 0 spiro atoms. The third kappa shape index (κ3) is 4.30. The normalized spacial score (nSPS) is 21.8. The summed E-state index contributed by atoms with van der Waals surface area (Å²) in [6.07, 6.45) is 6.30. The lowest BCUT2D eigenvalue weighted by molar-refractivity contribution is 0.345. The lowest BCUT2D eigenvalue weighted by Crippen LogP contribution is -2.35. The van der Waals surface area contributed by atoms with Crippen LogP contribution in [-0.2, 0) is 0 Å². The van der Waals surface area contributed by atoms with E-state index in [-0.39, 0.29) is 0 Å². The minimum Gasteiger partial charge on any atom is -0.368 e. The van der Waals surface area contributed by atoms with Crippen LogP contribution in [-0.4, -0.2) is 47.2 Å². The highest BCUT2D eigenvalue weighted by Crippen LogP contribution is 2.36. The average molecular weight is 368 g/mol. The Morgan fingerprint density at radius 3 is 2.67 bits per heavy atom. The van der Waals surface area contributed by atoms with Gasteiger partial charge >= 0.3 is 0 Å². The molecule has 1 aliphatic carbocycles. The molecule has 4 rings (SSSR count). The number of hydrogen-bond acceptors (Lipinski definition) is 7. The van der Waals surface area contributed by atoms with Crippen LogP contribution in [0.5, 0.6) is 0 Å². The molecule has 0 radical (unpaired) electrons. The highest BCUT2D eigenvalue weighted by Gasteiger charge is 2.30. The lowest BCUT2D eigenvalue weighted by Gasteiger charge is -2.32. The molecule has 0 bridgehead atoms. The number of anilines is 3. The monoisotopic (exact) mass is 367 g/mol. The first-order chi connectivity index (χ1) is 13.2. The first kappa shape index (κ1) is 18.0. The van der Waals surface area contributed by atoms with Gasteiger partial charge in [-0.05, 0) is 44.2 Å². The molecule has 27 heavy (non-hydrogen) atoms. The van der Waals surface area contributed by atoms with Gasteiger partial charge in [0.05, 0.1) is 5.69 Å². The third-order valence-corrected chi connectivity index (χ3v) is 5.45. The van der Waals surface area contributed by atoms with Gasteiger partial charge in [0.25, 0.3) is 0 Å². The Balaban J connectivity index is 1.40. The molecule has 3 heterocycles. The number of rotatable bonds is 7. The molecule has 7 nitrogen and oxygen atoms in total. The number of nitrogens with one attached hydrogen (secondary N) is 2. The predicted octanol–water partition coefficient (Wildman–Crippen LogP) is 2.51. The molecular formula is C20H29N7. The van der Waals surface area contributed by atoms with Gasteiger partial charge in [0, 0.05) is 50.4 Å². The van der Waals surface area contributed by atoms with Crippen molar-refractivity contribution in [3.63, 3.8) is 0 Å². The van der Waals surface area contributed by atoms with Crippen LogP contribution in [0.25, 0.3) is 0 Å². The fourth-order valence-corrected chi connectivity index (χ4v) is 3.76. The highest BCUT2D eigenvalue weighted by molar-refractivity contribution is 5.46. The summed E-state index contributed by atoms with van der Waals surface area (Å²) < 4.78 is 0. The molecule has 0 atom stereocenters. The molecule has 0 aromatic carbocycles. The molecule has 7 heteroatoms. The second-order valence-corrected chi connectivity index (χ2v) is 7.62. The van der Waals surface area contributed by atoms with Gasteiger partial charge in [-0.25, -0.2) is 9.97 Å². The van der Waals surface area contributed by atoms with Gasteiger partial charge in [-0.15, -0.1) is 0 Å². The maximum atomic E-state index is 5.99. The van der Waals surface area contributed by atoms with Crippen molar-refractivity contribution in [2.45, 2.75) is 44.6 Å². The van der Waals surface area contributed by atoms with Crippen LogP contribution in [0.15, 0.2) is 24.4 Å². The van der Waals surface area contributed by atoms with Crippen LogP contribution < -0.4 is 21.3 Å². The number of aryl methyl sites for hydroxylation is 1. The van der Waals surface area contributed by atoms with Gasteiger partial charge in [0.1, 0.15) is 11.6 Å². The maximum Gasteiger partial charge on any atom is 0.227 e. The topological polar surface area (TPSA) is 92.0 Å². The van der Waals surface area contributed by atoms with Crippen molar-refractivity contribution in [2.24, 2.45) is 5.73 Å². The van der Waals surface area contributed by atoms with E-state index in [1.807, 2.05) is 12.3 Å². The van der Waals surface area contributed by atoms with Crippen LogP contribution in [0.1, 0.15) is 42.9 Å². The van der Waals surface area contributed by atoms with E-state index in [0.717, 1.165) is 67.9 Å². The highest BCUT2D eigenvalue weighted by atomic mass is 15.3. The Bertz CT molecular complexity index is 767. The zero-order chi connectivity index (χ0) is 18.6. The molecule has 1 aliphatic heterocycles. The zero-order valence-corrected chi connectivity index (χ0v) is 16.0. The fourth-order valence-electron chi connectivity index (χ4n) is 3.76. The van der Waals surface area contributed by atoms with Gasteiger partial charge < -0.3 is 21.3 Å². The van der Waals surface area contributed by atoms with Crippen LogP contribution >= 0.6 is 0 Å². The summed E-state index contributed by atoms with van der Waals surface area (Å²) in [7, 11) is 0. The van der Waals surface area contributed by atoms with Crippen LogP contribution in [0.3, 0.4) is 0 Å². The Morgan fingerprint density at radius 1 is 1.15 bits per heavy atom. The minimum atomic E-state index is 0.322. The maximum absolute atomic E-state index is 5.99. The summed E-state index contributed by atoms with van der Waals surface area (Å²) in [4.78, 5) is 16.3. The first-order valence-corrected chi connectivity index (χ1v) is 9.98. The fraction of sp³-hybridized carbons (Fsp3) is 0.550. The summed E-state index contributed by atoms with van der Waals surface area (Å²) >= 11 is 0. The summed E-state index contributed by atoms with van der Waals surface area (Å²) in [5.41, 5.74) is 8.27. The molecular weight excluding hydrogens is 338 g/mol. The number of nitrogens with two attached hydrogens (primary N) is 1. The van der Waals surface area contributed by atoms with Crippen molar-refractivity contribution in [3.05, 3.63) is 35.7 Å². The van der Waals surface area contributed by atoms with Crippen molar-refractivity contribution < 1.29 is 0 Å². The smallest absolute Gasteiger partial charge is 0.227 e. The molecule has 4 N–H and O–H groups in total. The molecule has 1 saturated carbocycles. The minimum absolute atomic E-state index is 0.322. The van der Waals surface area contributed by atoms with Gasteiger partial charge in [-0.3, -0.25) is 0 Å². The quantitative estimate of drug-likeness (QED) is 0.648. The summed E-state index contributed by atoms with van der Waals surface area (Å²) in [6.45, 7) is 5.72. The van der Waals surface area contributed by atoms with Crippen LogP contribution in [0, 0.1) is 6.92 Å². The average Bonchev–Trinajstić information content (AvgIpc) is 3.18. The molecule has 0 unspecified atom stereocenters. The van der Waals surface area contributed by atoms with E-state index >= 15 is 0 Å². The summed E-state index contributed by atoms with van der Waals surface area (Å²) in [5, 5.41) is 6.83. The van der Waals surface area contributed by atoms with Crippen LogP contribution in [0.4, 0.5) is 17.6 Å². The molecule has 2 aromatic rings. The van der Waals surface area contributed by atoms with Crippen molar-refractivity contribution in [1.29, 1.82) is 0 Å². The molecule has 2 fully saturated rings. The summed E-state index contributed by atoms with van der Waals surface area (Å²) in [6, 6.07) is 6.43. The van der Waals surface area contributed by atoms with Gasteiger partial charge in [-0.1, -0.05) is 6.07 Å². The third-order valence-electron chi connectivity index (χ3n) is 5.45. The standard InChI is InChI=1S/C20H29N7/c1-14-5-4-6-23-19(14)24-8-7-22-18-13-17(15-11-16(21)12-15)25-20(26-18)27-9-2-3-10-27/h4-6,13,15-16H,2-3,7-12,21H2,1H3,(H,23,24)(H,22,25,26). The van der Waals surface area contributed by atoms with E-state index in [1.54, 1.807) is 0 Å². The van der Waals surface area contributed by atoms with E-state index < -0.39 is 0 Å².